The van der Waals surface area contributed by atoms with E-state index in [0.29, 0.717) is 33.8 Å². The predicted octanol–water partition coefficient (Wildman–Crippen LogP) is 7.11. The molecule has 0 fully saturated rings. The third-order valence-electron chi connectivity index (χ3n) is 4.36. The highest BCUT2D eigenvalue weighted by molar-refractivity contribution is 9.11. The van der Waals surface area contributed by atoms with Crippen molar-refractivity contribution in [2.45, 2.75) is 6.61 Å². The maximum Gasteiger partial charge on any atom is 0.266 e. The number of nitrogens with one attached hydrogen (secondary N) is 1. The number of hydrogen-bond acceptors (Lipinski definition) is 4. The molecule has 0 atom stereocenters. The van der Waals surface area contributed by atoms with E-state index < -0.39 is 5.91 Å². The van der Waals surface area contributed by atoms with E-state index in [0.717, 1.165) is 14.5 Å². The van der Waals surface area contributed by atoms with Crippen molar-refractivity contribution in [2.24, 2.45) is 0 Å². The molecule has 3 aromatic rings. The lowest BCUT2D eigenvalue weighted by Crippen LogP contribution is -2.13. The van der Waals surface area contributed by atoms with Gasteiger partial charge >= 0.3 is 0 Å². The Balaban J connectivity index is 1.82. The van der Waals surface area contributed by atoms with Gasteiger partial charge in [0.1, 0.15) is 18.2 Å². The van der Waals surface area contributed by atoms with Gasteiger partial charge in [0.05, 0.1) is 11.6 Å². The van der Waals surface area contributed by atoms with Gasteiger partial charge in [0.25, 0.3) is 5.91 Å². The van der Waals surface area contributed by atoms with E-state index >= 15 is 0 Å². The number of methoxy groups -OCH3 is 1. The van der Waals surface area contributed by atoms with Gasteiger partial charge < -0.3 is 14.8 Å². The van der Waals surface area contributed by atoms with Crippen molar-refractivity contribution in [1.29, 1.82) is 5.26 Å². The van der Waals surface area contributed by atoms with E-state index in [1.54, 1.807) is 36.4 Å². The van der Waals surface area contributed by atoms with Gasteiger partial charge in [-0.15, -0.1) is 0 Å². The molecule has 5 nitrogen and oxygen atoms in total. The highest BCUT2D eigenvalue weighted by atomic mass is 79.9. The Labute approximate surface area is 211 Å². The Morgan fingerprint density at radius 2 is 1.78 bits per heavy atom. The van der Waals surface area contributed by atoms with Crippen molar-refractivity contribution in [3.05, 3.63) is 90.8 Å². The van der Waals surface area contributed by atoms with Crippen molar-refractivity contribution in [3.8, 4) is 17.6 Å². The summed E-state index contributed by atoms with van der Waals surface area (Å²) in [6.07, 6.45) is 1.50. The molecule has 3 rings (SSSR count). The quantitative estimate of drug-likeness (QED) is 0.226. The van der Waals surface area contributed by atoms with Crippen LogP contribution in [0.1, 0.15) is 11.1 Å². The molecule has 0 aliphatic heterocycles. The molecular weight excluding hydrogens is 604 g/mol. The van der Waals surface area contributed by atoms with Gasteiger partial charge in [0.2, 0.25) is 0 Å². The van der Waals surface area contributed by atoms with Crippen molar-refractivity contribution in [3.63, 3.8) is 0 Å². The van der Waals surface area contributed by atoms with Crippen LogP contribution in [0.2, 0.25) is 0 Å². The van der Waals surface area contributed by atoms with Crippen LogP contribution in [0.25, 0.3) is 6.08 Å². The summed E-state index contributed by atoms with van der Waals surface area (Å²) in [5.41, 5.74) is 2.16. The molecule has 0 aromatic heterocycles. The Morgan fingerprint density at radius 3 is 2.44 bits per heavy atom. The van der Waals surface area contributed by atoms with E-state index in [9.17, 15) is 10.1 Å². The van der Waals surface area contributed by atoms with Crippen LogP contribution in [0.4, 0.5) is 5.69 Å². The third-order valence-corrected chi connectivity index (χ3v) is 6.25. The second kappa shape index (κ2) is 11.3. The van der Waals surface area contributed by atoms with Gasteiger partial charge in [-0.25, -0.2) is 0 Å². The Kier molecular flexibility index (Phi) is 8.51. The minimum Gasteiger partial charge on any atom is -0.493 e. The second-order valence-electron chi connectivity index (χ2n) is 6.55. The Hall–Kier alpha value is -2.60. The molecule has 0 saturated heterocycles. The first-order valence-electron chi connectivity index (χ1n) is 9.33. The summed E-state index contributed by atoms with van der Waals surface area (Å²) in [5.74, 6) is 0.501. The summed E-state index contributed by atoms with van der Waals surface area (Å²) in [5, 5.41) is 12.2. The molecule has 1 N–H and O–H groups in total. The van der Waals surface area contributed by atoms with Gasteiger partial charge in [0, 0.05) is 20.2 Å². The van der Waals surface area contributed by atoms with Crippen molar-refractivity contribution in [2.75, 3.05) is 12.4 Å². The van der Waals surface area contributed by atoms with Gasteiger partial charge in [-0.1, -0.05) is 50.1 Å². The monoisotopic (exact) mass is 618 g/mol. The first kappa shape index (κ1) is 24.1. The standard InChI is InChI=1S/C24H17Br3N2O3/c1-31-22-12-15(10-17(13-28)24(30)29-19-8-6-18(25)7-9-19)11-21(27)23(22)32-14-16-4-2-3-5-20(16)26/h2-12H,14H2,1H3,(H,29,30)/b17-10+. The van der Waals surface area contributed by atoms with E-state index in [4.69, 9.17) is 9.47 Å². The summed E-state index contributed by atoms with van der Waals surface area (Å²) in [4.78, 5) is 12.5. The number of carbonyl (C=O) groups excluding carboxylic acids is 1. The summed E-state index contributed by atoms with van der Waals surface area (Å²) in [6.45, 7) is 0.338. The first-order chi connectivity index (χ1) is 15.4. The summed E-state index contributed by atoms with van der Waals surface area (Å²) in [6, 6.07) is 20.3. The maximum atomic E-state index is 12.5. The van der Waals surface area contributed by atoms with E-state index in [2.05, 4.69) is 53.1 Å². The zero-order chi connectivity index (χ0) is 23.1. The first-order valence-corrected chi connectivity index (χ1v) is 11.7. The smallest absolute Gasteiger partial charge is 0.266 e. The molecule has 0 radical (unpaired) electrons. The lowest BCUT2D eigenvalue weighted by Gasteiger charge is -2.14. The van der Waals surface area contributed by atoms with Crippen LogP contribution >= 0.6 is 47.8 Å². The molecule has 0 unspecified atom stereocenters. The third kappa shape index (κ3) is 6.22. The van der Waals surface area contributed by atoms with E-state index in [-0.39, 0.29) is 5.57 Å². The summed E-state index contributed by atoms with van der Waals surface area (Å²) >= 11 is 10.4. The van der Waals surface area contributed by atoms with Crippen LogP contribution in [0.3, 0.4) is 0 Å². The number of benzene rings is 3. The van der Waals surface area contributed by atoms with Gasteiger partial charge in [-0.3, -0.25) is 4.79 Å². The molecule has 0 saturated carbocycles. The lowest BCUT2D eigenvalue weighted by atomic mass is 10.1. The number of nitrogens with zero attached hydrogens (tertiary/aromatic N) is 1. The number of nitriles is 1. The fraction of sp³-hybridized carbons (Fsp3) is 0.0833. The average molecular weight is 621 g/mol. The normalized spacial score (nSPS) is 10.9. The van der Waals surface area contributed by atoms with Gasteiger partial charge in [-0.05, 0) is 70.0 Å². The van der Waals surface area contributed by atoms with E-state index in [1.165, 1.54) is 13.2 Å². The van der Waals surface area contributed by atoms with Crippen LogP contribution < -0.4 is 14.8 Å². The molecule has 1 amide bonds. The van der Waals surface area contributed by atoms with Crippen LogP contribution in [0, 0.1) is 11.3 Å². The minimum atomic E-state index is -0.501. The zero-order valence-corrected chi connectivity index (χ0v) is 21.6. The minimum absolute atomic E-state index is 0.0382. The highest BCUT2D eigenvalue weighted by Gasteiger charge is 2.15. The Bertz CT molecular complexity index is 1200. The molecule has 162 valence electrons. The molecule has 0 spiro atoms. The second-order valence-corrected chi connectivity index (χ2v) is 9.17. The number of halogens is 3. The molecule has 32 heavy (non-hydrogen) atoms. The molecule has 8 heteroatoms. The maximum absolute atomic E-state index is 12.5. The van der Waals surface area contributed by atoms with Crippen molar-refractivity contribution < 1.29 is 14.3 Å². The fourth-order valence-electron chi connectivity index (χ4n) is 2.78. The summed E-state index contributed by atoms with van der Waals surface area (Å²) < 4.78 is 13.9. The van der Waals surface area contributed by atoms with Crippen LogP contribution in [-0.2, 0) is 11.4 Å². The van der Waals surface area contributed by atoms with Crippen LogP contribution in [0.15, 0.2) is 79.7 Å². The van der Waals surface area contributed by atoms with E-state index in [1.807, 2.05) is 30.3 Å². The Morgan fingerprint density at radius 1 is 1.06 bits per heavy atom. The summed E-state index contributed by atoms with van der Waals surface area (Å²) in [7, 11) is 1.53. The van der Waals surface area contributed by atoms with Crippen molar-refractivity contribution in [1.82, 2.24) is 0 Å². The molecule has 0 bridgehead atoms. The predicted molar refractivity (Wildman–Crippen MR) is 136 cm³/mol. The molecular formula is C24H17Br3N2O3. The molecule has 0 aliphatic carbocycles. The SMILES string of the molecule is COc1cc(/C=C(\C#N)C(=O)Nc2ccc(Br)cc2)cc(Br)c1OCc1ccccc1Br. The molecule has 0 heterocycles. The average Bonchev–Trinajstić information content (AvgIpc) is 2.78. The number of hydrogen-bond donors (Lipinski definition) is 1. The van der Waals surface area contributed by atoms with Crippen LogP contribution in [0.5, 0.6) is 11.5 Å². The van der Waals surface area contributed by atoms with Gasteiger partial charge in [-0.2, -0.15) is 5.26 Å². The number of anilines is 1. The van der Waals surface area contributed by atoms with Crippen molar-refractivity contribution >= 4 is 65.5 Å². The lowest BCUT2D eigenvalue weighted by molar-refractivity contribution is -0.112. The number of amides is 1. The highest BCUT2D eigenvalue weighted by Crippen LogP contribution is 2.38. The fourth-order valence-corrected chi connectivity index (χ4v) is 4.01. The molecule has 0 aliphatic rings. The topological polar surface area (TPSA) is 71.3 Å². The number of ether oxygens (including phenoxy) is 2. The van der Waals surface area contributed by atoms with Crippen LogP contribution in [-0.4, -0.2) is 13.0 Å². The van der Waals surface area contributed by atoms with Gasteiger partial charge in [0.15, 0.2) is 11.5 Å². The number of rotatable bonds is 7. The number of carbonyl (C=O) groups is 1. The molecule has 3 aromatic carbocycles. The zero-order valence-electron chi connectivity index (χ0n) is 16.9. The largest absolute Gasteiger partial charge is 0.493 e.